The van der Waals surface area contributed by atoms with Crippen molar-refractivity contribution < 1.29 is 0 Å². The predicted molar refractivity (Wildman–Crippen MR) is 79.0 cm³/mol. The molecule has 7 nitrogen and oxygen atoms in total. The summed E-state index contributed by atoms with van der Waals surface area (Å²) in [7, 11) is 3.69. The molecule has 0 fully saturated rings. The number of hydrogen-bond donors (Lipinski definition) is 2. The van der Waals surface area contributed by atoms with Crippen molar-refractivity contribution in [2.75, 3.05) is 24.4 Å². The first-order valence-electron chi connectivity index (χ1n) is 5.88. The van der Waals surface area contributed by atoms with E-state index in [-0.39, 0.29) is 12.1 Å². The lowest BCUT2D eigenvalue weighted by Crippen LogP contribution is -2.25. The average molecular weight is 295 g/mol. The molecule has 3 N–H and O–H groups in total. The number of aromatic nitrogens is 3. The Balaban J connectivity index is 2.33. The molecule has 20 heavy (non-hydrogen) atoms. The molecule has 0 aliphatic carbocycles. The van der Waals surface area contributed by atoms with E-state index in [2.05, 4.69) is 15.5 Å². The highest BCUT2D eigenvalue weighted by Gasteiger charge is 2.08. The largest absolute Gasteiger partial charge is 0.376 e. The predicted octanol–water partition coefficient (Wildman–Crippen LogP) is 0.692. The molecule has 0 unspecified atom stereocenters. The first kappa shape index (κ1) is 14.3. The zero-order valence-electron chi connectivity index (χ0n) is 11.2. The van der Waals surface area contributed by atoms with Crippen LogP contribution in [0.1, 0.15) is 5.69 Å². The van der Waals surface area contributed by atoms with Crippen LogP contribution in [0.15, 0.2) is 29.2 Å². The third-order valence-electron chi connectivity index (χ3n) is 2.74. The highest BCUT2D eigenvalue weighted by atomic mass is 35.5. The van der Waals surface area contributed by atoms with Crippen molar-refractivity contribution in [3.63, 3.8) is 0 Å². The molecule has 2 heterocycles. The number of nitrogens with two attached hydrogens (primary N) is 1. The number of nitrogen functional groups attached to an aromatic ring is 1. The topological polar surface area (TPSA) is 89.1 Å². The van der Waals surface area contributed by atoms with Crippen LogP contribution in [0.4, 0.5) is 11.5 Å². The van der Waals surface area contributed by atoms with Crippen LogP contribution in [-0.2, 0) is 6.54 Å². The van der Waals surface area contributed by atoms with E-state index in [9.17, 15) is 4.79 Å². The van der Waals surface area contributed by atoms with E-state index in [1.54, 1.807) is 18.3 Å². The van der Waals surface area contributed by atoms with Gasteiger partial charge in [0.25, 0.3) is 5.56 Å². The summed E-state index contributed by atoms with van der Waals surface area (Å²) in [6, 6.07) is 4.82. The van der Waals surface area contributed by atoms with Gasteiger partial charge in [0, 0.05) is 20.2 Å². The van der Waals surface area contributed by atoms with Crippen LogP contribution >= 0.6 is 11.6 Å². The monoisotopic (exact) mass is 294 g/mol. The zero-order chi connectivity index (χ0) is 14.7. The summed E-state index contributed by atoms with van der Waals surface area (Å²) >= 11 is 6.05. The summed E-state index contributed by atoms with van der Waals surface area (Å²) in [6.07, 6.45) is 1.61. The van der Waals surface area contributed by atoms with Gasteiger partial charge >= 0.3 is 0 Å². The molecule has 2 aromatic heterocycles. The number of nitrogens with zero attached hydrogens (tertiary/aromatic N) is 4. The molecule has 0 aliphatic rings. The zero-order valence-corrected chi connectivity index (χ0v) is 11.9. The molecule has 0 radical (unpaired) electrons. The van der Waals surface area contributed by atoms with Gasteiger partial charge in [0.05, 0.1) is 29.1 Å². The van der Waals surface area contributed by atoms with Crippen LogP contribution in [-0.4, -0.2) is 28.9 Å². The van der Waals surface area contributed by atoms with E-state index in [0.717, 1.165) is 5.69 Å². The minimum absolute atomic E-state index is 0.181. The lowest BCUT2D eigenvalue weighted by Gasteiger charge is -2.12. The van der Waals surface area contributed by atoms with Crippen LogP contribution < -0.4 is 21.7 Å². The highest BCUT2D eigenvalue weighted by molar-refractivity contribution is 6.31. The van der Waals surface area contributed by atoms with Gasteiger partial charge in [-0.3, -0.25) is 4.79 Å². The number of nitrogens with one attached hydrogen (secondary N) is 1. The molecule has 8 heteroatoms. The van der Waals surface area contributed by atoms with E-state index in [4.69, 9.17) is 17.4 Å². The Kier molecular flexibility index (Phi) is 4.21. The quantitative estimate of drug-likeness (QED) is 0.637. The van der Waals surface area contributed by atoms with Gasteiger partial charge in [0.15, 0.2) is 0 Å². The molecule has 0 aromatic carbocycles. The summed E-state index contributed by atoms with van der Waals surface area (Å²) in [5, 5.41) is 4.56. The van der Waals surface area contributed by atoms with Gasteiger partial charge < -0.3 is 10.3 Å². The molecule has 0 spiro atoms. The normalized spacial score (nSPS) is 10.4. The molecule has 106 valence electrons. The Hall–Kier alpha value is -2.12. The van der Waals surface area contributed by atoms with Crippen molar-refractivity contribution in [1.82, 2.24) is 14.8 Å². The smallest absolute Gasteiger partial charge is 0.269 e. The van der Waals surface area contributed by atoms with Crippen LogP contribution in [0.25, 0.3) is 0 Å². The molecule has 2 aromatic rings. The lowest BCUT2D eigenvalue weighted by molar-refractivity contribution is 0.628. The number of rotatable bonds is 4. The van der Waals surface area contributed by atoms with E-state index in [1.165, 1.54) is 10.7 Å². The molecule has 0 saturated heterocycles. The van der Waals surface area contributed by atoms with Crippen LogP contribution in [0.5, 0.6) is 0 Å². The van der Waals surface area contributed by atoms with E-state index >= 15 is 0 Å². The van der Waals surface area contributed by atoms with Gasteiger partial charge in [-0.05, 0) is 12.1 Å². The van der Waals surface area contributed by atoms with Crippen molar-refractivity contribution in [3.8, 4) is 0 Å². The van der Waals surface area contributed by atoms with Crippen molar-refractivity contribution in [3.05, 3.63) is 45.5 Å². The van der Waals surface area contributed by atoms with Crippen molar-refractivity contribution in [2.45, 2.75) is 6.54 Å². The second-order valence-corrected chi connectivity index (χ2v) is 4.78. The van der Waals surface area contributed by atoms with Gasteiger partial charge in [-0.1, -0.05) is 11.6 Å². The highest BCUT2D eigenvalue weighted by Crippen LogP contribution is 2.16. The molecule has 2 rings (SSSR count). The Bertz CT molecular complexity index is 669. The fourth-order valence-electron chi connectivity index (χ4n) is 1.60. The first-order valence-corrected chi connectivity index (χ1v) is 6.25. The van der Waals surface area contributed by atoms with Crippen molar-refractivity contribution in [2.24, 2.45) is 5.84 Å². The molecular weight excluding hydrogens is 280 g/mol. The maximum Gasteiger partial charge on any atom is 0.269 e. The number of hydrogen-bond acceptors (Lipinski definition) is 6. The van der Waals surface area contributed by atoms with E-state index < -0.39 is 0 Å². The standard InChI is InChI=1S/C12H15ClN6O/c1-18(2)8-5-12(20)19(15-6-8)7-10-9(13)3-4-11(16-10)17-14/h3-6H,7,14H2,1-2H3,(H,16,17). The third kappa shape index (κ3) is 3.06. The summed E-state index contributed by atoms with van der Waals surface area (Å²) in [6.45, 7) is 0.181. The molecule has 0 amide bonds. The van der Waals surface area contributed by atoms with Gasteiger partial charge in [-0.2, -0.15) is 5.10 Å². The van der Waals surface area contributed by atoms with E-state index in [0.29, 0.717) is 16.5 Å². The molecule has 0 atom stereocenters. The second kappa shape index (κ2) is 5.89. The fourth-order valence-corrected chi connectivity index (χ4v) is 1.77. The summed E-state index contributed by atoms with van der Waals surface area (Å²) in [5.41, 5.74) is 3.47. The van der Waals surface area contributed by atoms with Gasteiger partial charge in [0.1, 0.15) is 5.82 Å². The van der Waals surface area contributed by atoms with Gasteiger partial charge in [-0.15, -0.1) is 0 Å². The number of pyridine rings is 1. The second-order valence-electron chi connectivity index (χ2n) is 4.37. The minimum atomic E-state index is -0.222. The third-order valence-corrected chi connectivity index (χ3v) is 3.08. The molecule has 0 aliphatic heterocycles. The van der Waals surface area contributed by atoms with Gasteiger partial charge in [0.2, 0.25) is 0 Å². The Labute approximate surface area is 121 Å². The van der Waals surface area contributed by atoms with E-state index in [1.807, 2.05) is 19.0 Å². The number of hydrazine groups is 1. The summed E-state index contributed by atoms with van der Waals surface area (Å²) in [4.78, 5) is 18.0. The Morgan fingerprint density at radius 2 is 2.20 bits per heavy atom. The van der Waals surface area contributed by atoms with Crippen molar-refractivity contribution in [1.29, 1.82) is 0 Å². The van der Waals surface area contributed by atoms with Crippen LogP contribution in [0, 0.1) is 0 Å². The van der Waals surface area contributed by atoms with Crippen molar-refractivity contribution >= 4 is 23.1 Å². The number of anilines is 2. The molecule has 0 saturated carbocycles. The summed E-state index contributed by atoms with van der Waals surface area (Å²) < 4.78 is 1.29. The van der Waals surface area contributed by atoms with Crippen LogP contribution in [0.2, 0.25) is 5.02 Å². The maximum absolute atomic E-state index is 12.0. The molecule has 0 bridgehead atoms. The lowest BCUT2D eigenvalue weighted by atomic mass is 10.3. The average Bonchev–Trinajstić information content (AvgIpc) is 2.43. The minimum Gasteiger partial charge on any atom is -0.376 e. The fraction of sp³-hybridized carbons (Fsp3) is 0.250. The Morgan fingerprint density at radius 1 is 1.45 bits per heavy atom. The molecular formula is C12H15ClN6O. The SMILES string of the molecule is CN(C)c1cnn(Cc2nc(NN)ccc2Cl)c(=O)c1. The summed E-state index contributed by atoms with van der Waals surface area (Å²) in [5.74, 6) is 5.77. The van der Waals surface area contributed by atoms with Crippen LogP contribution in [0.3, 0.4) is 0 Å². The van der Waals surface area contributed by atoms with Gasteiger partial charge in [-0.25, -0.2) is 15.5 Å². The first-order chi connectivity index (χ1) is 9.51. The maximum atomic E-state index is 12.0. The Morgan fingerprint density at radius 3 is 2.80 bits per heavy atom. The number of halogens is 1.